The monoisotopic (exact) mass is 192 g/mol. The fourth-order valence-electron chi connectivity index (χ4n) is 2.44. The fourth-order valence-corrected chi connectivity index (χ4v) is 2.44. The topological polar surface area (TPSA) is 35.8 Å². The summed E-state index contributed by atoms with van der Waals surface area (Å²) in [5.74, 6) is 1.34. The summed E-state index contributed by atoms with van der Waals surface area (Å²) < 4.78 is 0. The summed E-state index contributed by atoms with van der Waals surface area (Å²) in [6.45, 7) is 1.12. The van der Waals surface area contributed by atoms with Crippen molar-refractivity contribution in [2.45, 2.75) is 51.0 Å². The molecule has 78 valence electrons. The second kappa shape index (κ2) is 4.79. The van der Waals surface area contributed by atoms with Crippen LogP contribution in [0.4, 0.5) is 0 Å². The SMILES string of the molecule is N#CC1CCCC1NCCCC1CC1. The number of nitriles is 1. The summed E-state index contributed by atoms with van der Waals surface area (Å²) in [7, 11) is 0. The highest BCUT2D eigenvalue weighted by molar-refractivity contribution is 4.96. The highest BCUT2D eigenvalue weighted by Gasteiger charge is 2.26. The van der Waals surface area contributed by atoms with Crippen molar-refractivity contribution in [2.24, 2.45) is 11.8 Å². The molecule has 2 aliphatic carbocycles. The van der Waals surface area contributed by atoms with Crippen molar-refractivity contribution in [1.29, 1.82) is 5.26 Å². The van der Waals surface area contributed by atoms with Gasteiger partial charge in [-0.2, -0.15) is 5.26 Å². The summed E-state index contributed by atoms with van der Waals surface area (Å²) in [5, 5.41) is 12.4. The van der Waals surface area contributed by atoms with Crippen LogP contribution in [0.3, 0.4) is 0 Å². The molecule has 2 fully saturated rings. The van der Waals surface area contributed by atoms with Gasteiger partial charge in [0.2, 0.25) is 0 Å². The molecule has 2 rings (SSSR count). The first-order valence-corrected chi connectivity index (χ1v) is 6.03. The number of nitrogens with zero attached hydrogens (tertiary/aromatic N) is 1. The molecule has 2 unspecified atom stereocenters. The van der Waals surface area contributed by atoms with Gasteiger partial charge in [0, 0.05) is 6.04 Å². The van der Waals surface area contributed by atoms with E-state index < -0.39 is 0 Å². The molecule has 14 heavy (non-hydrogen) atoms. The average Bonchev–Trinajstić information content (AvgIpc) is 2.91. The zero-order chi connectivity index (χ0) is 9.80. The van der Waals surface area contributed by atoms with E-state index in [1.165, 1.54) is 38.5 Å². The number of nitrogens with one attached hydrogen (secondary N) is 1. The lowest BCUT2D eigenvalue weighted by molar-refractivity contribution is 0.452. The quantitative estimate of drug-likeness (QED) is 0.679. The van der Waals surface area contributed by atoms with Gasteiger partial charge in [0.15, 0.2) is 0 Å². The maximum atomic E-state index is 8.90. The predicted molar refractivity (Wildman–Crippen MR) is 56.7 cm³/mol. The van der Waals surface area contributed by atoms with Crippen LogP contribution in [0.15, 0.2) is 0 Å². The lowest BCUT2D eigenvalue weighted by Gasteiger charge is -2.15. The molecule has 0 saturated heterocycles. The molecule has 0 bridgehead atoms. The molecular weight excluding hydrogens is 172 g/mol. The first kappa shape index (κ1) is 9.98. The molecule has 2 aliphatic rings. The van der Waals surface area contributed by atoms with Crippen molar-refractivity contribution in [3.8, 4) is 6.07 Å². The third-order valence-electron chi connectivity index (χ3n) is 3.57. The van der Waals surface area contributed by atoms with Gasteiger partial charge < -0.3 is 5.32 Å². The first-order valence-electron chi connectivity index (χ1n) is 6.03. The summed E-state index contributed by atoms with van der Waals surface area (Å²) >= 11 is 0. The minimum atomic E-state index is 0.288. The highest BCUT2D eigenvalue weighted by atomic mass is 14.9. The Morgan fingerprint density at radius 2 is 2.07 bits per heavy atom. The second-order valence-corrected chi connectivity index (χ2v) is 4.81. The van der Waals surface area contributed by atoms with Crippen molar-refractivity contribution in [3.63, 3.8) is 0 Å². The smallest absolute Gasteiger partial charge is 0.0672 e. The molecule has 0 aromatic carbocycles. The third-order valence-corrected chi connectivity index (χ3v) is 3.57. The van der Waals surface area contributed by atoms with Crippen LogP contribution < -0.4 is 5.32 Å². The standard InChI is InChI=1S/C12H20N2/c13-9-11-4-1-5-12(11)14-8-2-3-10-6-7-10/h10-12,14H,1-8H2. The van der Waals surface area contributed by atoms with Crippen LogP contribution in [0.5, 0.6) is 0 Å². The Labute approximate surface area is 86.7 Å². The number of hydrogen-bond acceptors (Lipinski definition) is 2. The Bertz CT molecular complexity index is 215. The van der Waals surface area contributed by atoms with E-state index in [-0.39, 0.29) is 5.92 Å². The van der Waals surface area contributed by atoms with Crippen molar-refractivity contribution in [2.75, 3.05) is 6.54 Å². The molecular formula is C12H20N2. The molecule has 2 atom stereocenters. The fraction of sp³-hybridized carbons (Fsp3) is 0.917. The summed E-state index contributed by atoms with van der Waals surface area (Å²) in [6, 6.07) is 2.91. The van der Waals surface area contributed by atoms with Crippen LogP contribution >= 0.6 is 0 Å². The highest BCUT2D eigenvalue weighted by Crippen LogP contribution is 2.33. The second-order valence-electron chi connectivity index (χ2n) is 4.81. The van der Waals surface area contributed by atoms with Gasteiger partial charge in [0.1, 0.15) is 0 Å². The van der Waals surface area contributed by atoms with E-state index in [4.69, 9.17) is 5.26 Å². The lowest BCUT2D eigenvalue weighted by atomic mass is 10.1. The molecule has 2 saturated carbocycles. The van der Waals surface area contributed by atoms with Crippen LogP contribution in [0, 0.1) is 23.2 Å². The van der Waals surface area contributed by atoms with E-state index in [9.17, 15) is 0 Å². The van der Waals surface area contributed by atoms with Crippen molar-refractivity contribution in [3.05, 3.63) is 0 Å². The van der Waals surface area contributed by atoms with Crippen LogP contribution in [0.2, 0.25) is 0 Å². The van der Waals surface area contributed by atoms with E-state index in [1.807, 2.05) is 0 Å². The molecule has 0 radical (unpaired) electrons. The normalized spacial score (nSPS) is 31.6. The molecule has 2 nitrogen and oxygen atoms in total. The molecule has 1 N–H and O–H groups in total. The van der Waals surface area contributed by atoms with Crippen LogP contribution in [0.25, 0.3) is 0 Å². The number of rotatable bonds is 5. The minimum Gasteiger partial charge on any atom is -0.313 e. The van der Waals surface area contributed by atoms with E-state index >= 15 is 0 Å². The third kappa shape index (κ3) is 2.72. The Morgan fingerprint density at radius 1 is 1.21 bits per heavy atom. The maximum absolute atomic E-state index is 8.90. The minimum absolute atomic E-state index is 0.288. The van der Waals surface area contributed by atoms with Gasteiger partial charge in [-0.1, -0.05) is 19.3 Å². The molecule has 0 spiro atoms. The van der Waals surface area contributed by atoms with E-state index in [1.54, 1.807) is 0 Å². The van der Waals surface area contributed by atoms with Gasteiger partial charge in [0.05, 0.1) is 12.0 Å². The summed E-state index contributed by atoms with van der Waals surface area (Å²) in [5.41, 5.74) is 0. The van der Waals surface area contributed by atoms with Crippen LogP contribution in [-0.2, 0) is 0 Å². The largest absolute Gasteiger partial charge is 0.313 e. The molecule has 0 heterocycles. The molecule has 0 aromatic rings. The van der Waals surface area contributed by atoms with Gasteiger partial charge >= 0.3 is 0 Å². The van der Waals surface area contributed by atoms with Crippen molar-refractivity contribution < 1.29 is 0 Å². The van der Waals surface area contributed by atoms with Gasteiger partial charge in [-0.05, 0) is 38.1 Å². The van der Waals surface area contributed by atoms with Crippen molar-refractivity contribution >= 4 is 0 Å². The Hall–Kier alpha value is -0.550. The molecule has 0 aliphatic heterocycles. The van der Waals surface area contributed by atoms with Crippen LogP contribution in [-0.4, -0.2) is 12.6 Å². The van der Waals surface area contributed by atoms with E-state index in [2.05, 4.69) is 11.4 Å². The van der Waals surface area contributed by atoms with E-state index in [0.717, 1.165) is 18.9 Å². The Morgan fingerprint density at radius 3 is 2.79 bits per heavy atom. The average molecular weight is 192 g/mol. The predicted octanol–water partition coefficient (Wildman–Crippen LogP) is 2.46. The summed E-state index contributed by atoms with van der Waals surface area (Å²) in [6.07, 6.45) is 9.18. The Kier molecular flexibility index (Phi) is 3.42. The number of hydrogen-bond donors (Lipinski definition) is 1. The van der Waals surface area contributed by atoms with Crippen molar-refractivity contribution in [1.82, 2.24) is 5.32 Å². The van der Waals surface area contributed by atoms with Gasteiger partial charge in [-0.25, -0.2) is 0 Å². The van der Waals surface area contributed by atoms with Crippen LogP contribution in [0.1, 0.15) is 44.9 Å². The van der Waals surface area contributed by atoms with Gasteiger partial charge in [-0.15, -0.1) is 0 Å². The molecule has 2 heteroatoms. The lowest BCUT2D eigenvalue weighted by Crippen LogP contribution is -2.32. The maximum Gasteiger partial charge on any atom is 0.0672 e. The first-order chi connectivity index (χ1) is 6.90. The van der Waals surface area contributed by atoms with Gasteiger partial charge in [-0.3, -0.25) is 0 Å². The molecule has 0 amide bonds. The van der Waals surface area contributed by atoms with Gasteiger partial charge in [0.25, 0.3) is 0 Å². The Balaban J connectivity index is 1.57. The summed E-state index contributed by atoms with van der Waals surface area (Å²) in [4.78, 5) is 0. The molecule has 0 aromatic heterocycles. The zero-order valence-corrected chi connectivity index (χ0v) is 8.84. The zero-order valence-electron chi connectivity index (χ0n) is 8.84. The van der Waals surface area contributed by atoms with E-state index in [0.29, 0.717) is 6.04 Å².